The number of nitrogens with one attached hydrogen (secondary N) is 1. The molecule has 0 saturated carbocycles. The number of nitro benzene ring substituents is 1. The van der Waals surface area contributed by atoms with Crippen molar-refractivity contribution in [1.82, 2.24) is 9.97 Å². The van der Waals surface area contributed by atoms with E-state index < -0.39 is 10.8 Å². The highest BCUT2D eigenvalue weighted by Crippen LogP contribution is 2.27. The second-order valence-corrected chi connectivity index (χ2v) is 6.58. The Hall–Kier alpha value is -3.23. The van der Waals surface area contributed by atoms with Crippen LogP contribution in [-0.4, -0.2) is 48.0 Å². The van der Waals surface area contributed by atoms with Crippen molar-refractivity contribution < 1.29 is 9.72 Å². The molecule has 1 amide bonds. The predicted molar refractivity (Wildman–Crippen MR) is 103 cm³/mol. The zero-order chi connectivity index (χ0) is 19.4. The molecule has 1 aromatic carbocycles. The van der Waals surface area contributed by atoms with Crippen molar-refractivity contribution in [2.45, 2.75) is 19.3 Å². The quantitative estimate of drug-likeness (QED) is 0.637. The first-order chi connectivity index (χ1) is 13.0. The fourth-order valence-corrected chi connectivity index (χ4v) is 3.05. The van der Waals surface area contributed by atoms with Crippen LogP contribution in [-0.2, 0) is 0 Å². The number of nitro groups is 1. The number of benzene rings is 1. The molecule has 3 rings (SSSR count). The Morgan fingerprint density at radius 3 is 2.59 bits per heavy atom. The Kier molecular flexibility index (Phi) is 5.49. The number of anilines is 3. The molecule has 142 valence electrons. The molecular formula is C18H22N6O3. The van der Waals surface area contributed by atoms with Gasteiger partial charge in [-0.25, -0.2) is 4.98 Å². The first-order valence-corrected chi connectivity index (χ1v) is 8.81. The highest BCUT2D eigenvalue weighted by Gasteiger charge is 2.22. The second kappa shape index (κ2) is 7.98. The zero-order valence-corrected chi connectivity index (χ0v) is 15.4. The predicted octanol–water partition coefficient (Wildman–Crippen LogP) is 2.69. The molecular weight excluding hydrogens is 348 g/mol. The third-order valence-electron chi connectivity index (χ3n) is 4.41. The SMILES string of the molecule is CN(C)c1nc(N2CCCCC2)ncc1NC(=O)c1ccccc1[N+](=O)[O-]. The van der Waals surface area contributed by atoms with E-state index in [-0.39, 0.29) is 11.3 Å². The van der Waals surface area contributed by atoms with E-state index in [2.05, 4.69) is 20.2 Å². The average molecular weight is 370 g/mol. The topological polar surface area (TPSA) is 104 Å². The minimum atomic E-state index is -0.572. The maximum atomic E-state index is 12.6. The molecule has 0 aliphatic carbocycles. The summed E-state index contributed by atoms with van der Waals surface area (Å²) in [4.78, 5) is 36.1. The maximum Gasteiger partial charge on any atom is 0.282 e. The molecule has 27 heavy (non-hydrogen) atoms. The zero-order valence-electron chi connectivity index (χ0n) is 15.4. The molecule has 2 heterocycles. The van der Waals surface area contributed by atoms with Crippen LogP contribution >= 0.6 is 0 Å². The number of hydrogen-bond donors (Lipinski definition) is 1. The number of amides is 1. The maximum absolute atomic E-state index is 12.6. The molecule has 1 saturated heterocycles. The fraction of sp³-hybridized carbons (Fsp3) is 0.389. The van der Waals surface area contributed by atoms with Crippen molar-refractivity contribution in [2.24, 2.45) is 0 Å². The van der Waals surface area contributed by atoms with Gasteiger partial charge in [0.05, 0.1) is 11.1 Å². The van der Waals surface area contributed by atoms with Crippen molar-refractivity contribution in [3.63, 3.8) is 0 Å². The van der Waals surface area contributed by atoms with E-state index in [0.717, 1.165) is 25.9 Å². The number of piperidine rings is 1. The van der Waals surface area contributed by atoms with Crippen LogP contribution in [0.25, 0.3) is 0 Å². The lowest BCUT2D eigenvalue weighted by Crippen LogP contribution is -2.31. The van der Waals surface area contributed by atoms with Crippen LogP contribution in [0.1, 0.15) is 29.6 Å². The Morgan fingerprint density at radius 2 is 1.93 bits per heavy atom. The summed E-state index contributed by atoms with van der Waals surface area (Å²) in [6.07, 6.45) is 4.98. The minimum Gasteiger partial charge on any atom is -0.361 e. The molecule has 1 fully saturated rings. The molecule has 9 nitrogen and oxygen atoms in total. The summed E-state index contributed by atoms with van der Waals surface area (Å²) < 4.78 is 0. The molecule has 1 aromatic heterocycles. The Bertz CT molecular complexity index is 849. The number of hydrogen-bond acceptors (Lipinski definition) is 7. The van der Waals surface area contributed by atoms with Crippen LogP contribution in [0, 0.1) is 10.1 Å². The van der Waals surface area contributed by atoms with Crippen LogP contribution in [0.15, 0.2) is 30.5 Å². The lowest BCUT2D eigenvalue weighted by Gasteiger charge is -2.28. The monoisotopic (exact) mass is 370 g/mol. The van der Waals surface area contributed by atoms with E-state index >= 15 is 0 Å². The smallest absolute Gasteiger partial charge is 0.282 e. The van der Waals surface area contributed by atoms with Crippen molar-refractivity contribution in [1.29, 1.82) is 0 Å². The molecule has 2 aromatic rings. The number of para-hydroxylation sites is 1. The van der Waals surface area contributed by atoms with E-state index in [9.17, 15) is 14.9 Å². The first-order valence-electron chi connectivity index (χ1n) is 8.81. The van der Waals surface area contributed by atoms with E-state index in [4.69, 9.17) is 0 Å². The molecule has 9 heteroatoms. The summed E-state index contributed by atoms with van der Waals surface area (Å²) in [5, 5.41) is 13.9. The van der Waals surface area contributed by atoms with Gasteiger partial charge in [0.2, 0.25) is 5.95 Å². The van der Waals surface area contributed by atoms with Crippen LogP contribution in [0.4, 0.5) is 23.1 Å². The summed E-state index contributed by atoms with van der Waals surface area (Å²) >= 11 is 0. The van der Waals surface area contributed by atoms with E-state index in [1.54, 1.807) is 17.2 Å². The van der Waals surface area contributed by atoms with Gasteiger partial charge in [0.1, 0.15) is 11.3 Å². The van der Waals surface area contributed by atoms with Gasteiger partial charge in [0.15, 0.2) is 5.82 Å². The van der Waals surface area contributed by atoms with E-state index in [0.29, 0.717) is 17.5 Å². The number of rotatable bonds is 5. The van der Waals surface area contributed by atoms with Gasteiger partial charge in [-0.15, -0.1) is 0 Å². The number of carbonyl (C=O) groups excluding carboxylic acids is 1. The second-order valence-electron chi connectivity index (χ2n) is 6.58. The van der Waals surface area contributed by atoms with Gasteiger partial charge >= 0.3 is 0 Å². The van der Waals surface area contributed by atoms with Gasteiger partial charge in [-0.05, 0) is 25.3 Å². The highest BCUT2D eigenvalue weighted by molar-refractivity contribution is 6.08. The Morgan fingerprint density at radius 1 is 1.22 bits per heavy atom. The van der Waals surface area contributed by atoms with Crippen LogP contribution in [0.3, 0.4) is 0 Å². The standard InChI is InChI=1S/C18H22N6O3/c1-22(2)16-14(12-19-18(21-16)23-10-6-3-7-11-23)20-17(25)13-8-4-5-9-15(13)24(26)27/h4-5,8-9,12H,3,6-7,10-11H2,1-2H3,(H,20,25). The summed E-state index contributed by atoms with van der Waals surface area (Å²) in [6.45, 7) is 1.82. The molecule has 0 unspecified atom stereocenters. The molecule has 0 spiro atoms. The highest BCUT2D eigenvalue weighted by atomic mass is 16.6. The van der Waals surface area contributed by atoms with E-state index in [1.807, 2.05) is 14.1 Å². The summed E-state index contributed by atoms with van der Waals surface area (Å²) in [5.41, 5.74) is 0.156. The Balaban J connectivity index is 1.88. The van der Waals surface area contributed by atoms with Crippen LogP contribution in [0.2, 0.25) is 0 Å². The van der Waals surface area contributed by atoms with Gasteiger partial charge in [-0.3, -0.25) is 14.9 Å². The molecule has 1 N–H and O–H groups in total. The molecule has 1 aliphatic rings. The average Bonchev–Trinajstić information content (AvgIpc) is 2.68. The third kappa shape index (κ3) is 4.13. The molecule has 0 atom stereocenters. The number of aromatic nitrogens is 2. The summed E-state index contributed by atoms with van der Waals surface area (Å²) in [6, 6.07) is 5.84. The molecule has 0 bridgehead atoms. The van der Waals surface area contributed by atoms with Crippen molar-refractivity contribution in [2.75, 3.05) is 42.3 Å². The normalized spacial score (nSPS) is 13.9. The lowest BCUT2D eigenvalue weighted by molar-refractivity contribution is -0.385. The summed E-state index contributed by atoms with van der Waals surface area (Å²) in [7, 11) is 3.64. The van der Waals surface area contributed by atoms with Gasteiger partial charge in [-0.1, -0.05) is 12.1 Å². The largest absolute Gasteiger partial charge is 0.361 e. The summed E-state index contributed by atoms with van der Waals surface area (Å²) in [5.74, 6) is 0.610. The minimum absolute atomic E-state index is 0.00712. The molecule has 0 radical (unpaired) electrons. The van der Waals surface area contributed by atoms with Gasteiger partial charge < -0.3 is 15.1 Å². The molecule has 1 aliphatic heterocycles. The van der Waals surface area contributed by atoms with Gasteiger partial charge in [0, 0.05) is 33.3 Å². The first kappa shape index (κ1) is 18.6. The Labute approximate surface area is 157 Å². The van der Waals surface area contributed by atoms with Crippen LogP contribution in [0.5, 0.6) is 0 Å². The third-order valence-corrected chi connectivity index (χ3v) is 4.41. The van der Waals surface area contributed by atoms with Crippen molar-refractivity contribution in [3.05, 3.63) is 46.1 Å². The number of nitrogens with zero attached hydrogens (tertiary/aromatic N) is 5. The van der Waals surface area contributed by atoms with Crippen molar-refractivity contribution >= 4 is 29.0 Å². The van der Waals surface area contributed by atoms with Gasteiger partial charge in [0.25, 0.3) is 11.6 Å². The van der Waals surface area contributed by atoms with E-state index in [1.165, 1.54) is 24.6 Å². The number of carbonyl (C=O) groups is 1. The fourth-order valence-electron chi connectivity index (χ4n) is 3.05. The van der Waals surface area contributed by atoms with Gasteiger partial charge in [-0.2, -0.15) is 4.98 Å². The van der Waals surface area contributed by atoms with Crippen molar-refractivity contribution in [3.8, 4) is 0 Å². The lowest BCUT2D eigenvalue weighted by atomic mass is 10.1. The van der Waals surface area contributed by atoms with Crippen LogP contribution < -0.4 is 15.1 Å².